The van der Waals surface area contributed by atoms with E-state index < -0.39 is 19.7 Å². The highest BCUT2D eigenvalue weighted by molar-refractivity contribution is 7.52. The standard InChI is InChI=1S/C27H31N10O5P/c1-43(40,41-12-6-20(14-38)36-18-32-22-24(28-16-30-26(22)36)34-8-2-3-9-34)42-13-7-21(15-39)37-19-33-23-25(29-17-31-27(23)37)35-10-4-5-11-35/h2-5,8-11,16-21,38-39H,6-7,12-15H2,1H3. The van der Waals surface area contributed by atoms with Gasteiger partial charge in [-0.1, -0.05) is 0 Å². The Morgan fingerprint density at radius 2 is 1.12 bits per heavy atom. The Morgan fingerprint density at radius 1 is 0.698 bits per heavy atom. The SMILES string of the molecule is CP(=O)(OCCC(CO)n1cnc2c(-n3cccc3)ncnc21)OCCC(CO)n1cnc2c(-n3cccc3)ncnc21. The first kappa shape index (κ1) is 28.8. The number of fused-ring (bicyclic) bond motifs is 2. The molecule has 0 aliphatic heterocycles. The van der Waals surface area contributed by atoms with Crippen LogP contribution in [0.5, 0.6) is 0 Å². The average Bonchev–Trinajstić information content (AvgIpc) is 3.84. The molecule has 0 saturated heterocycles. The van der Waals surface area contributed by atoms with Crippen molar-refractivity contribution in [3.63, 3.8) is 0 Å². The molecule has 0 radical (unpaired) electrons. The van der Waals surface area contributed by atoms with Crippen LogP contribution in [-0.4, -0.2) is 91.5 Å². The van der Waals surface area contributed by atoms with Crippen LogP contribution in [0.2, 0.25) is 0 Å². The number of aliphatic hydroxyl groups is 2. The van der Waals surface area contributed by atoms with E-state index in [2.05, 4.69) is 29.9 Å². The molecule has 0 spiro atoms. The molecule has 16 heteroatoms. The van der Waals surface area contributed by atoms with Gasteiger partial charge in [-0.15, -0.1) is 0 Å². The van der Waals surface area contributed by atoms with Gasteiger partial charge in [-0.05, 0) is 37.1 Å². The molecule has 0 saturated carbocycles. The highest BCUT2D eigenvalue weighted by atomic mass is 31.2. The van der Waals surface area contributed by atoms with Crippen molar-refractivity contribution in [2.24, 2.45) is 0 Å². The zero-order chi connectivity index (χ0) is 29.8. The summed E-state index contributed by atoms with van der Waals surface area (Å²) in [6.45, 7) is 1.16. The molecule has 6 aromatic rings. The summed E-state index contributed by atoms with van der Waals surface area (Å²) < 4.78 is 31.5. The van der Waals surface area contributed by atoms with Crippen molar-refractivity contribution in [3.05, 3.63) is 74.4 Å². The lowest BCUT2D eigenvalue weighted by Crippen LogP contribution is -2.16. The maximum atomic E-state index is 13.0. The number of aromatic nitrogens is 10. The second-order valence-corrected chi connectivity index (χ2v) is 12.0. The molecule has 0 bridgehead atoms. The largest absolute Gasteiger partial charge is 0.394 e. The minimum atomic E-state index is -3.43. The Hall–Kier alpha value is -4.27. The lowest BCUT2D eigenvalue weighted by Gasteiger charge is -2.20. The van der Waals surface area contributed by atoms with Crippen LogP contribution >= 0.6 is 7.60 Å². The monoisotopic (exact) mass is 606 g/mol. The number of hydrogen-bond acceptors (Lipinski definition) is 11. The average molecular weight is 607 g/mol. The Labute approximate surface area is 246 Å². The first-order valence-corrected chi connectivity index (χ1v) is 15.7. The van der Waals surface area contributed by atoms with Gasteiger partial charge in [-0.2, -0.15) is 0 Å². The van der Waals surface area contributed by atoms with E-state index in [0.29, 0.717) is 46.8 Å². The van der Waals surface area contributed by atoms with Crippen LogP contribution in [0.4, 0.5) is 0 Å². The van der Waals surface area contributed by atoms with E-state index >= 15 is 0 Å². The summed E-state index contributed by atoms with van der Waals surface area (Å²) in [6, 6.07) is 6.74. The fraction of sp³-hybridized carbons (Fsp3) is 0.333. The van der Waals surface area contributed by atoms with Crippen LogP contribution in [0.3, 0.4) is 0 Å². The first-order chi connectivity index (χ1) is 21.0. The van der Waals surface area contributed by atoms with Gasteiger partial charge >= 0.3 is 7.60 Å². The van der Waals surface area contributed by atoms with Gasteiger partial charge in [-0.3, -0.25) is 4.57 Å². The van der Waals surface area contributed by atoms with Crippen LogP contribution in [0.1, 0.15) is 24.9 Å². The summed E-state index contributed by atoms with van der Waals surface area (Å²) in [5.41, 5.74) is 2.33. The summed E-state index contributed by atoms with van der Waals surface area (Å²) in [4.78, 5) is 26.4. The van der Waals surface area contributed by atoms with Crippen molar-refractivity contribution in [1.29, 1.82) is 0 Å². The van der Waals surface area contributed by atoms with Gasteiger partial charge in [0, 0.05) is 31.5 Å². The molecule has 0 fully saturated rings. The number of aliphatic hydroxyl groups excluding tert-OH is 2. The van der Waals surface area contributed by atoms with E-state index in [1.807, 2.05) is 58.2 Å². The molecule has 0 aliphatic rings. The van der Waals surface area contributed by atoms with E-state index in [9.17, 15) is 14.8 Å². The molecule has 2 atom stereocenters. The zero-order valence-corrected chi connectivity index (χ0v) is 24.3. The number of rotatable bonds is 14. The molecule has 43 heavy (non-hydrogen) atoms. The molecule has 6 aromatic heterocycles. The minimum absolute atomic E-state index is 0.0723. The summed E-state index contributed by atoms with van der Waals surface area (Å²) in [5, 5.41) is 20.2. The van der Waals surface area contributed by atoms with Crippen molar-refractivity contribution in [1.82, 2.24) is 48.2 Å². The Kier molecular flexibility index (Phi) is 8.40. The molecule has 6 heterocycles. The van der Waals surface area contributed by atoms with Crippen LogP contribution in [0, 0.1) is 0 Å². The molecular weight excluding hydrogens is 575 g/mol. The van der Waals surface area contributed by atoms with Gasteiger partial charge in [0.25, 0.3) is 0 Å². The van der Waals surface area contributed by atoms with E-state index in [0.717, 1.165) is 0 Å². The van der Waals surface area contributed by atoms with Crippen molar-refractivity contribution < 1.29 is 23.8 Å². The van der Waals surface area contributed by atoms with Crippen LogP contribution in [0.15, 0.2) is 74.4 Å². The third kappa shape index (κ3) is 5.98. The highest BCUT2D eigenvalue weighted by Crippen LogP contribution is 2.44. The summed E-state index contributed by atoms with van der Waals surface area (Å²) in [7, 11) is -3.43. The van der Waals surface area contributed by atoms with Crippen molar-refractivity contribution in [2.75, 3.05) is 33.1 Å². The predicted molar refractivity (Wildman–Crippen MR) is 156 cm³/mol. The zero-order valence-electron chi connectivity index (χ0n) is 23.4. The third-order valence-electron chi connectivity index (χ3n) is 7.14. The van der Waals surface area contributed by atoms with E-state index in [-0.39, 0.29) is 26.4 Å². The Morgan fingerprint density at radius 3 is 1.51 bits per heavy atom. The van der Waals surface area contributed by atoms with Gasteiger partial charge < -0.3 is 37.5 Å². The lowest BCUT2D eigenvalue weighted by molar-refractivity contribution is 0.158. The molecule has 0 amide bonds. The second-order valence-electron chi connectivity index (χ2n) is 9.91. The van der Waals surface area contributed by atoms with Gasteiger partial charge in [0.1, 0.15) is 12.7 Å². The fourth-order valence-corrected chi connectivity index (χ4v) is 5.87. The first-order valence-electron chi connectivity index (χ1n) is 13.7. The second kappa shape index (κ2) is 12.5. The lowest BCUT2D eigenvalue weighted by atomic mass is 10.2. The van der Waals surface area contributed by atoms with Gasteiger partial charge in [0.05, 0.1) is 51.2 Å². The van der Waals surface area contributed by atoms with Crippen LogP contribution < -0.4 is 0 Å². The van der Waals surface area contributed by atoms with Crippen LogP contribution in [-0.2, 0) is 13.6 Å². The Bertz CT molecular complexity index is 1710. The van der Waals surface area contributed by atoms with Crippen molar-refractivity contribution in [3.8, 4) is 11.6 Å². The van der Waals surface area contributed by atoms with Crippen molar-refractivity contribution in [2.45, 2.75) is 24.9 Å². The Balaban J connectivity index is 1.05. The number of hydrogen-bond donors (Lipinski definition) is 2. The summed E-state index contributed by atoms with van der Waals surface area (Å²) in [5.74, 6) is 1.26. The van der Waals surface area contributed by atoms with Crippen LogP contribution in [0.25, 0.3) is 34.0 Å². The summed E-state index contributed by atoms with van der Waals surface area (Å²) in [6.07, 6.45) is 14.3. The van der Waals surface area contributed by atoms with E-state index in [1.165, 1.54) is 19.3 Å². The molecule has 224 valence electrons. The quantitative estimate of drug-likeness (QED) is 0.175. The number of imidazole rings is 2. The topological polar surface area (TPSA) is 173 Å². The van der Waals surface area contributed by atoms with Gasteiger partial charge in [0.2, 0.25) is 0 Å². The highest BCUT2D eigenvalue weighted by Gasteiger charge is 2.23. The predicted octanol–water partition coefficient (Wildman–Crippen LogP) is 2.95. The molecular formula is C27H31N10O5P. The smallest absolute Gasteiger partial charge is 0.327 e. The molecule has 0 aromatic carbocycles. The molecule has 15 nitrogen and oxygen atoms in total. The minimum Gasteiger partial charge on any atom is -0.394 e. The maximum Gasteiger partial charge on any atom is 0.327 e. The molecule has 6 rings (SSSR count). The van der Waals surface area contributed by atoms with Crippen molar-refractivity contribution >= 4 is 29.9 Å². The van der Waals surface area contributed by atoms with Gasteiger partial charge in [0.15, 0.2) is 34.0 Å². The summed E-state index contributed by atoms with van der Waals surface area (Å²) >= 11 is 0. The number of nitrogens with zero attached hydrogens (tertiary/aromatic N) is 10. The normalized spacial score (nSPS) is 14.8. The molecule has 2 N–H and O–H groups in total. The maximum absolute atomic E-state index is 13.0. The fourth-order valence-electron chi connectivity index (χ4n) is 4.93. The van der Waals surface area contributed by atoms with E-state index in [4.69, 9.17) is 9.05 Å². The van der Waals surface area contributed by atoms with Gasteiger partial charge in [-0.25, -0.2) is 29.9 Å². The van der Waals surface area contributed by atoms with E-state index in [1.54, 1.807) is 21.8 Å². The third-order valence-corrected chi connectivity index (χ3v) is 8.44. The molecule has 0 aliphatic carbocycles. The molecule has 2 unspecified atom stereocenters.